The molecule has 0 radical (unpaired) electrons. The molecule has 0 atom stereocenters. The first-order valence-electron chi connectivity index (χ1n) is 10.7. The molecule has 5 nitrogen and oxygen atoms in total. The molecule has 4 rings (SSSR count). The van der Waals surface area contributed by atoms with Gasteiger partial charge in [0.2, 0.25) is 5.89 Å². The molecule has 162 valence electrons. The highest BCUT2D eigenvalue weighted by Gasteiger charge is 2.16. The highest BCUT2D eigenvalue weighted by molar-refractivity contribution is 5.91. The van der Waals surface area contributed by atoms with Crippen LogP contribution in [0.4, 0.5) is 0 Å². The Morgan fingerprint density at radius 3 is 2.22 bits per heavy atom. The monoisotopic (exact) mass is 425 g/mol. The maximum Gasteiger partial charge on any atom is 0.273 e. The van der Waals surface area contributed by atoms with E-state index < -0.39 is 0 Å². The molecule has 3 aromatic carbocycles. The Bertz CT molecular complexity index is 1140. The lowest BCUT2D eigenvalue weighted by atomic mass is 10.1. The molecule has 1 aromatic heterocycles. The number of oxazole rings is 1. The molecule has 0 saturated heterocycles. The average Bonchev–Trinajstić information content (AvgIpc) is 3.29. The third-order valence-corrected chi connectivity index (χ3v) is 5.34. The number of aryl methyl sites for hydroxylation is 1. The second-order valence-corrected chi connectivity index (χ2v) is 7.85. The van der Waals surface area contributed by atoms with E-state index in [4.69, 9.17) is 4.42 Å². The molecule has 1 amide bonds. The maximum atomic E-state index is 12.5. The van der Waals surface area contributed by atoms with Gasteiger partial charge in [0.05, 0.1) is 6.54 Å². The van der Waals surface area contributed by atoms with Gasteiger partial charge >= 0.3 is 0 Å². The van der Waals surface area contributed by atoms with Crippen molar-refractivity contribution in [3.8, 4) is 0 Å². The van der Waals surface area contributed by atoms with Gasteiger partial charge in [-0.25, -0.2) is 4.98 Å². The fourth-order valence-electron chi connectivity index (χ4n) is 3.59. The fraction of sp³-hybridized carbons (Fsp3) is 0.185. The summed E-state index contributed by atoms with van der Waals surface area (Å²) < 4.78 is 5.66. The van der Waals surface area contributed by atoms with Crippen LogP contribution in [-0.2, 0) is 26.2 Å². The van der Waals surface area contributed by atoms with Crippen molar-refractivity contribution in [1.29, 1.82) is 0 Å². The zero-order valence-electron chi connectivity index (χ0n) is 18.2. The number of hydrogen-bond donors (Lipinski definition) is 1. The van der Waals surface area contributed by atoms with Gasteiger partial charge in [0.15, 0.2) is 5.69 Å². The molecule has 0 unspecified atom stereocenters. The second-order valence-electron chi connectivity index (χ2n) is 7.85. The summed E-state index contributed by atoms with van der Waals surface area (Å²) in [5, 5.41) is 2.89. The van der Waals surface area contributed by atoms with Gasteiger partial charge in [0, 0.05) is 19.6 Å². The Balaban J connectivity index is 1.44. The summed E-state index contributed by atoms with van der Waals surface area (Å²) in [7, 11) is 0. The Morgan fingerprint density at radius 2 is 1.50 bits per heavy atom. The third-order valence-electron chi connectivity index (χ3n) is 5.34. The van der Waals surface area contributed by atoms with E-state index in [2.05, 4.69) is 58.5 Å². The zero-order valence-corrected chi connectivity index (χ0v) is 18.2. The van der Waals surface area contributed by atoms with Crippen LogP contribution in [0.25, 0.3) is 0 Å². The van der Waals surface area contributed by atoms with E-state index in [1.165, 1.54) is 23.0 Å². The number of aromatic nitrogens is 1. The van der Waals surface area contributed by atoms with Gasteiger partial charge in [-0.2, -0.15) is 0 Å². The van der Waals surface area contributed by atoms with Crippen molar-refractivity contribution in [2.24, 2.45) is 0 Å². The molecule has 0 aliphatic carbocycles. The Labute approximate surface area is 188 Å². The van der Waals surface area contributed by atoms with Crippen molar-refractivity contribution in [2.45, 2.75) is 33.1 Å². The van der Waals surface area contributed by atoms with Crippen LogP contribution < -0.4 is 5.32 Å². The molecular formula is C27H27N3O2. The predicted molar refractivity (Wildman–Crippen MR) is 125 cm³/mol. The fourth-order valence-corrected chi connectivity index (χ4v) is 3.59. The lowest BCUT2D eigenvalue weighted by molar-refractivity contribution is 0.0945. The van der Waals surface area contributed by atoms with Crippen molar-refractivity contribution in [2.75, 3.05) is 0 Å². The van der Waals surface area contributed by atoms with Crippen LogP contribution in [0.2, 0.25) is 0 Å². The first kappa shape index (κ1) is 21.5. The van der Waals surface area contributed by atoms with E-state index in [0.29, 0.717) is 24.7 Å². The molecule has 5 heteroatoms. The van der Waals surface area contributed by atoms with Crippen molar-refractivity contribution < 1.29 is 9.21 Å². The Kier molecular flexibility index (Phi) is 7.10. The number of benzene rings is 3. The van der Waals surface area contributed by atoms with E-state index in [-0.39, 0.29) is 5.91 Å². The van der Waals surface area contributed by atoms with Gasteiger partial charge in [-0.3, -0.25) is 9.69 Å². The van der Waals surface area contributed by atoms with Gasteiger partial charge in [0.25, 0.3) is 5.91 Å². The van der Waals surface area contributed by atoms with Gasteiger partial charge < -0.3 is 9.73 Å². The van der Waals surface area contributed by atoms with Gasteiger partial charge in [-0.05, 0) is 29.2 Å². The molecule has 0 fully saturated rings. The molecule has 4 aromatic rings. The van der Waals surface area contributed by atoms with Crippen LogP contribution in [0.15, 0.2) is 95.6 Å². The number of hydrogen-bond acceptors (Lipinski definition) is 4. The predicted octanol–water partition coefficient (Wildman–Crippen LogP) is 5.12. The van der Waals surface area contributed by atoms with Crippen LogP contribution >= 0.6 is 0 Å². The van der Waals surface area contributed by atoms with Crippen LogP contribution in [0.3, 0.4) is 0 Å². The largest absolute Gasteiger partial charge is 0.447 e. The highest BCUT2D eigenvalue weighted by atomic mass is 16.3. The molecule has 0 aliphatic rings. The molecule has 0 aliphatic heterocycles. The maximum absolute atomic E-state index is 12.5. The SMILES string of the molecule is Cc1ccccc1CN(Cc1ccccc1)Cc1nc(C(=O)NCc2ccccc2)co1. The number of nitrogens with zero attached hydrogens (tertiary/aromatic N) is 2. The minimum absolute atomic E-state index is 0.239. The summed E-state index contributed by atoms with van der Waals surface area (Å²) in [6.45, 7) is 4.60. The van der Waals surface area contributed by atoms with E-state index in [1.54, 1.807) is 0 Å². The Hall–Kier alpha value is -3.70. The third kappa shape index (κ3) is 5.93. The summed E-state index contributed by atoms with van der Waals surface area (Å²) in [5.41, 5.74) is 5.06. The average molecular weight is 426 g/mol. The molecular weight excluding hydrogens is 398 g/mol. The van der Waals surface area contributed by atoms with Gasteiger partial charge in [0.1, 0.15) is 6.26 Å². The van der Waals surface area contributed by atoms with Crippen molar-refractivity contribution in [1.82, 2.24) is 15.2 Å². The highest BCUT2D eigenvalue weighted by Crippen LogP contribution is 2.16. The second kappa shape index (κ2) is 10.6. The number of carbonyl (C=O) groups excluding carboxylic acids is 1. The summed E-state index contributed by atoms with van der Waals surface area (Å²) in [6, 6.07) is 28.5. The normalized spacial score (nSPS) is 10.9. The van der Waals surface area contributed by atoms with E-state index >= 15 is 0 Å². The van der Waals surface area contributed by atoms with Crippen molar-refractivity contribution in [3.05, 3.63) is 125 Å². The van der Waals surface area contributed by atoms with Crippen LogP contribution in [0, 0.1) is 6.92 Å². The number of rotatable bonds is 9. The standard InChI is InChI=1S/C27H27N3O2/c1-21-10-8-9-15-24(21)18-30(17-23-13-6-3-7-14-23)19-26-29-25(20-32-26)27(31)28-16-22-11-4-2-5-12-22/h2-15,20H,16-19H2,1H3,(H,28,31). The molecule has 1 heterocycles. The van der Waals surface area contributed by atoms with Gasteiger partial charge in [-0.15, -0.1) is 0 Å². The smallest absolute Gasteiger partial charge is 0.273 e. The zero-order chi connectivity index (χ0) is 22.2. The first-order valence-corrected chi connectivity index (χ1v) is 10.7. The summed E-state index contributed by atoms with van der Waals surface area (Å²) in [5.74, 6) is 0.289. The Morgan fingerprint density at radius 1 is 0.844 bits per heavy atom. The van der Waals surface area contributed by atoms with Crippen molar-refractivity contribution >= 4 is 5.91 Å². The lowest BCUT2D eigenvalue weighted by Crippen LogP contribution is -2.24. The van der Waals surface area contributed by atoms with E-state index in [1.807, 2.05) is 48.5 Å². The molecule has 0 saturated carbocycles. The van der Waals surface area contributed by atoms with Gasteiger partial charge in [-0.1, -0.05) is 84.9 Å². The van der Waals surface area contributed by atoms with Crippen LogP contribution in [0.5, 0.6) is 0 Å². The quantitative estimate of drug-likeness (QED) is 0.405. The minimum Gasteiger partial charge on any atom is -0.447 e. The molecule has 0 bridgehead atoms. The number of nitrogens with one attached hydrogen (secondary N) is 1. The van der Waals surface area contributed by atoms with Crippen LogP contribution in [-0.4, -0.2) is 15.8 Å². The van der Waals surface area contributed by atoms with E-state index in [9.17, 15) is 4.79 Å². The lowest BCUT2D eigenvalue weighted by Gasteiger charge is -2.22. The summed E-state index contributed by atoms with van der Waals surface area (Å²) in [6.07, 6.45) is 1.43. The topological polar surface area (TPSA) is 58.4 Å². The van der Waals surface area contributed by atoms with E-state index in [0.717, 1.165) is 18.7 Å². The van der Waals surface area contributed by atoms with Crippen LogP contribution in [0.1, 0.15) is 38.6 Å². The summed E-state index contributed by atoms with van der Waals surface area (Å²) in [4.78, 5) is 19.2. The summed E-state index contributed by atoms with van der Waals surface area (Å²) >= 11 is 0. The number of carbonyl (C=O) groups is 1. The number of amides is 1. The molecule has 1 N–H and O–H groups in total. The van der Waals surface area contributed by atoms with Crippen molar-refractivity contribution in [3.63, 3.8) is 0 Å². The minimum atomic E-state index is -0.239. The first-order chi connectivity index (χ1) is 15.7. The molecule has 0 spiro atoms. The molecule has 32 heavy (non-hydrogen) atoms.